The number of methoxy groups -OCH3 is 2. The summed E-state index contributed by atoms with van der Waals surface area (Å²) in [6, 6.07) is 0. The number of ether oxygens (including phenoxy) is 4. The topological polar surface area (TPSA) is 117 Å². The van der Waals surface area contributed by atoms with Crippen molar-refractivity contribution in [3.63, 3.8) is 0 Å². The van der Waals surface area contributed by atoms with Gasteiger partial charge >= 0.3 is 23.9 Å². The van der Waals surface area contributed by atoms with Crippen LogP contribution in [0.5, 0.6) is 0 Å². The van der Waals surface area contributed by atoms with E-state index < -0.39 is 46.8 Å². The first-order chi connectivity index (χ1) is 11.8. The molecule has 2 rings (SSSR count). The van der Waals surface area contributed by atoms with Gasteiger partial charge in [-0.05, 0) is 26.7 Å². The fraction of sp³-hybridized carbons (Fsp3) is 0.750. The molecule has 2 aliphatic heterocycles. The highest BCUT2D eigenvalue weighted by Gasteiger charge is 2.77. The molecule has 2 fully saturated rings. The summed E-state index contributed by atoms with van der Waals surface area (Å²) in [7, 11) is 2.35. The van der Waals surface area contributed by atoms with Gasteiger partial charge in [0.1, 0.15) is 22.9 Å². The molecule has 0 amide bonds. The summed E-state index contributed by atoms with van der Waals surface area (Å²) >= 11 is 0. The normalized spacial score (nSPS) is 32.8. The van der Waals surface area contributed by atoms with E-state index in [1.165, 1.54) is 14.2 Å². The largest absolute Gasteiger partial charge is 0.468 e. The molecule has 2 heterocycles. The van der Waals surface area contributed by atoms with Crippen molar-refractivity contribution in [3.8, 4) is 0 Å². The Morgan fingerprint density at radius 3 is 1.48 bits per heavy atom. The van der Waals surface area contributed by atoms with E-state index in [4.69, 9.17) is 18.9 Å². The minimum Gasteiger partial charge on any atom is -0.468 e. The van der Waals surface area contributed by atoms with Crippen molar-refractivity contribution in [3.05, 3.63) is 0 Å². The molecular formula is C16H23NO8. The molecule has 9 heteroatoms. The van der Waals surface area contributed by atoms with Crippen LogP contribution in [0.15, 0.2) is 0 Å². The highest BCUT2D eigenvalue weighted by molar-refractivity contribution is 6.01. The SMILES string of the molecule is CCOC(=O)[C@@H]1[C@H](C(=O)OCC)[C@@]2(C(=O)OC)CC[C@]1(C(=O)OC)N2. The van der Waals surface area contributed by atoms with Crippen LogP contribution in [0.1, 0.15) is 26.7 Å². The molecule has 0 radical (unpaired) electrons. The number of carbonyl (C=O) groups excluding carboxylic acids is 4. The van der Waals surface area contributed by atoms with Crippen LogP contribution < -0.4 is 5.32 Å². The lowest BCUT2D eigenvalue weighted by Gasteiger charge is -2.35. The minimum absolute atomic E-state index is 0.0629. The van der Waals surface area contributed by atoms with E-state index in [9.17, 15) is 19.2 Å². The summed E-state index contributed by atoms with van der Waals surface area (Å²) in [6.07, 6.45) is 0.266. The highest BCUT2D eigenvalue weighted by Crippen LogP contribution is 2.54. The van der Waals surface area contributed by atoms with Gasteiger partial charge in [0.15, 0.2) is 0 Å². The average molecular weight is 357 g/mol. The number of hydrogen-bond donors (Lipinski definition) is 1. The van der Waals surface area contributed by atoms with Gasteiger partial charge in [0.05, 0.1) is 27.4 Å². The van der Waals surface area contributed by atoms with Gasteiger partial charge in [0.25, 0.3) is 0 Å². The van der Waals surface area contributed by atoms with E-state index in [0.29, 0.717) is 0 Å². The second-order valence-electron chi connectivity index (χ2n) is 6.01. The molecular weight excluding hydrogens is 334 g/mol. The smallest absolute Gasteiger partial charge is 0.327 e. The van der Waals surface area contributed by atoms with Crippen LogP contribution >= 0.6 is 0 Å². The second kappa shape index (κ2) is 6.99. The first kappa shape index (κ1) is 19.2. The molecule has 4 atom stereocenters. The van der Waals surface area contributed by atoms with Crippen molar-refractivity contribution in [1.82, 2.24) is 5.32 Å². The molecule has 0 unspecified atom stereocenters. The maximum absolute atomic E-state index is 12.6. The molecule has 0 aromatic carbocycles. The van der Waals surface area contributed by atoms with E-state index in [-0.39, 0.29) is 26.1 Å². The molecule has 0 saturated carbocycles. The zero-order chi connectivity index (χ0) is 18.8. The Labute approximate surface area is 145 Å². The van der Waals surface area contributed by atoms with Crippen LogP contribution in [0.3, 0.4) is 0 Å². The zero-order valence-corrected chi connectivity index (χ0v) is 14.7. The lowest BCUT2D eigenvalue weighted by molar-refractivity contribution is -0.171. The number of nitrogens with one attached hydrogen (secondary N) is 1. The maximum Gasteiger partial charge on any atom is 0.327 e. The Kier molecular flexibility index (Phi) is 5.36. The Hall–Kier alpha value is -2.16. The number of fused-ring (bicyclic) bond motifs is 2. The third-order valence-electron chi connectivity index (χ3n) is 4.94. The third kappa shape index (κ3) is 2.66. The maximum atomic E-state index is 12.6. The molecule has 0 aliphatic carbocycles. The van der Waals surface area contributed by atoms with Crippen LogP contribution in [-0.2, 0) is 38.1 Å². The molecule has 1 N–H and O–H groups in total. The summed E-state index contributed by atoms with van der Waals surface area (Å²) in [5.74, 6) is -5.47. The van der Waals surface area contributed by atoms with Crippen molar-refractivity contribution >= 4 is 23.9 Å². The standard InChI is InChI=1S/C16H23NO8/c1-5-24-11(18)9-10(12(19)25-6-2)16(14(21)23-4)8-7-15(9,17-16)13(20)22-3/h9-10,17H,5-8H2,1-4H3/t9-,10+,15-,16+. The van der Waals surface area contributed by atoms with Gasteiger partial charge in [-0.3, -0.25) is 24.5 Å². The van der Waals surface area contributed by atoms with Gasteiger partial charge < -0.3 is 18.9 Å². The first-order valence-corrected chi connectivity index (χ1v) is 8.14. The van der Waals surface area contributed by atoms with Crippen molar-refractivity contribution in [2.75, 3.05) is 27.4 Å². The van der Waals surface area contributed by atoms with Crippen LogP contribution in [0.2, 0.25) is 0 Å². The fourth-order valence-electron chi connectivity index (χ4n) is 4.02. The van der Waals surface area contributed by atoms with E-state index in [2.05, 4.69) is 5.32 Å². The number of rotatable bonds is 6. The summed E-state index contributed by atoms with van der Waals surface area (Å²) in [4.78, 5) is 50.2. The van der Waals surface area contributed by atoms with Gasteiger partial charge in [0, 0.05) is 0 Å². The van der Waals surface area contributed by atoms with Gasteiger partial charge in [0.2, 0.25) is 0 Å². The van der Waals surface area contributed by atoms with Gasteiger partial charge in [-0.15, -0.1) is 0 Å². The van der Waals surface area contributed by atoms with E-state index in [1.54, 1.807) is 13.8 Å². The lowest BCUT2D eigenvalue weighted by atomic mass is 9.66. The molecule has 2 aliphatic rings. The van der Waals surface area contributed by atoms with Crippen molar-refractivity contribution < 1.29 is 38.1 Å². The van der Waals surface area contributed by atoms with E-state index in [0.717, 1.165) is 0 Å². The molecule has 2 saturated heterocycles. The Bertz CT molecular complexity index is 541. The Morgan fingerprint density at radius 2 is 1.20 bits per heavy atom. The quantitative estimate of drug-likeness (QED) is 0.499. The third-order valence-corrected chi connectivity index (χ3v) is 4.94. The molecule has 2 bridgehead atoms. The minimum atomic E-state index is -1.54. The first-order valence-electron chi connectivity index (χ1n) is 8.14. The summed E-state index contributed by atoms with van der Waals surface area (Å²) in [6.45, 7) is 3.35. The summed E-state index contributed by atoms with van der Waals surface area (Å²) in [5, 5.41) is 2.88. The molecule has 0 aromatic rings. The Morgan fingerprint density at radius 1 is 0.840 bits per heavy atom. The summed E-state index contributed by atoms with van der Waals surface area (Å²) < 4.78 is 19.8. The van der Waals surface area contributed by atoms with Crippen molar-refractivity contribution in [1.29, 1.82) is 0 Å². The van der Waals surface area contributed by atoms with Crippen molar-refractivity contribution in [2.45, 2.75) is 37.8 Å². The van der Waals surface area contributed by atoms with Crippen LogP contribution in [-0.4, -0.2) is 62.4 Å². The second-order valence-corrected chi connectivity index (χ2v) is 6.01. The molecule has 0 aromatic heterocycles. The van der Waals surface area contributed by atoms with E-state index >= 15 is 0 Å². The highest BCUT2D eigenvalue weighted by atomic mass is 16.6. The average Bonchev–Trinajstić information content (AvgIpc) is 3.14. The van der Waals surface area contributed by atoms with Crippen LogP contribution in [0, 0.1) is 11.8 Å². The molecule has 0 spiro atoms. The Balaban J connectivity index is 2.60. The number of hydrogen-bond acceptors (Lipinski definition) is 9. The van der Waals surface area contributed by atoms with E-state index in [1.807, 2.05) is 0 Å². The monoisotopic (exact) mass is 357 g/mol. The summed E-state index contributed by atoms with van der Waals surface area (Å²) in [5.41, 5.74) is -3.07. The van der Waals surface area contributed by atoms with Gasteiger partial charge in [-0.1, -0.05) is 0 Å². The number of carbonyl (C=O) groups is 4. The fourth-order valence-corrected chi connectivity index (χ4v) is 4.02. The van der Waals surface area contributed by atoms with Gasteiger partial charge in [-0.2, -0.15) is 0 Å². The zero-order valence-electron chi connectivity index (χ0n) is 14.7. The number of esters is 4. The predicted molar refractivity (Wildman–Crippen MR) is 82.1 cm³/mol. The van der Waals surface area contributed by atoms with Crippen LogP contribution in [0.25, 0.3) is 0 Å². The van der Waals surface area contributed by atoms with Crippen molar-refractivity contribution in [2.24, 2.45) is 11.8 Å². The van der Waals surface area contributed by atoms with Gasteiger partial charge in [-0.25, -0.2) is 0 Å². The lowest BCUT2D eigenvalue weighted by Crippen LogP contribution is -2.54. The molecule has 140 valence electrons. The molecule has 25 heavy (non-hydrogen) atoms. The predicted octanol–water partition coefficient (Wildman–Crippen LogP) is -0.434. The molecule has 9 nitrogen and oxygen atoms in total. The van der Waals surface area contributed by atoms with Crippen LogP contribution in [0.4, 0.5) is 0 Å².